The number of anilines is 1. The van der Waals surface area contributed by atoms with Crippen LogP contribution in [-0.4, -0.2) is 20.4 Å². The molecular weight excluding hydrogens is 367 g/mol. The molecule has 1 aromatic carbocycles. The van der Waals surface area contributed by atoms with Gasteiger partial charge in [0.05, 0.1) is 11.9 Å². The van der Waals surface area contributed by atoms with E-state index in [1.807, 2.05) is 16.7 Å². The Morgan fingerprint density at radius 3 is 2.67 bits per heavy atom. The summed E-state index contributed by atoms with van der Waals surface area (Å²) in [5.41, 5.74) is 2.69. The van der Waals surface area contributed by atoms with E-state index in [9.17, 15) is 9.18 Å². The van der Waals surface area contributed by atoms with Gasteiger partial charge in [0.25, 0.3) is 5.91 Å². The Bertz CT molecular complexity index is 1110. The van der Waals surface area contributed by atoms with Gasteiger partial charge in [0.1, 0.15) is 16.7 Å². The van der Waals surface area contributed by atoms with Crippen LogP contribution in [0, 0.1) is 5.82 Å². The molecule has 1 amide bonds. The number of amides is 1. The molecule has 0 aliphatic carbocycles. The molecule has 0 spiro atoms. The Hall–Kier alpha value is -3.25. The lowest BCUT2D eigenvalue weighted by molar-refractivity contribution is 0.101. The fraction of sp³-hybridized carbons (Fsp3) is 0.0500. The van der Waals surface area contributed by atoms with E-state index in [4.69, 9.17) is 11.6 Å². The van der Waals surface area contributed by atoms with Crippen LogP contribution in [0.1, 0.15) is 16.1 Å². The van der Waals surface area contributed by atoms with Crippen LogP contribution in [0.15, 0.2) is 67.1 Å². The molecule has 0 saturated carbocycles. The van der Waals surface area contributed by atoms with Crippen molar-refractivity contribution in [1.29, 1.82) is 0 Å². The highest BCUT2D eigenvalue weighted by molar-refractivity contribution is 6.29. The van der Waals surface area contributed by atoms with Gasteiger partial charge in [-0.1, -0.05) is 11.6 Å². The first-order valence-electron chi connectivity index (χ1n) is 8.21. The van der Waals surface area contributed by atoms with Crippen molar-refractivity contribution < 1.29 is 9.18 Å². The summed E-state index contributed by atoms with van der Waals surface area (Å²) in [4.78, 5) is 20.8. The highest BCUT2D eigenvalue weighted by Crippen LogP contribution is 2.23. The Balaban J connectivity index is 1.75. The maximum atomic E-state index is 13.7. The number of hydrogen-bond acceptors (Lipinski definition) is 3. The fourth-order valence-electron chi connectivity index (χ4n) is 2.92. The lowest BCUT2D eigenvalue weighted by atomic mass is 10.2. The lowest BCUT2D eigenvalue weighted by Crippen LogP contribution is -2.17. The molecule has 3 heterocycles. The maximum absolute atomic E-state index is 13.7. The molecule has 0 fully saturated rings. The smallest absolute Gasteiger partial charge is 0.272 e. The topological polar surface area (TPSA) is 59.8 Å². The number of fused-ring (bicyclic) bond motifs is 1. The van der Waals surface area contributed by atoms with Crippen LogP contribution < -0.4 is 5.32 Å². The Morgan fingerprint density at radius 1 is 1.11 bits per heavy atom. The van der Waals surface area contributed by atoms with E-state index in [-0.39, 0.29) is 11.7 Å². The fourth-order valence-corrected chi connectivity index (χ4v) is 3.03. The summed E-state index contributed by atoms with van der Waals surface area (Å²) < 4.78 is 15.5. The second-order valence-electron chi connectivity index (χ2n) is 6.00. The van der Waals surface area contributed by atoms with Gasteiger partial charge in [-0.15, -0.1) is 0 Å². The first kappa shape index (κ1) is 17.2. The molecule has 0 aliphatic rings. The zero-order valence-corrected chi connectivity index (χ0v) is 14.8. The van der Waals surface area contributed by atoms with Crippen LogP contribution in [-0.2, 0) is 6.54 Å². The third kappa shape index (κ3) is 3.66. The zero-order chi connectivity index (χ0) is 18.8. The Morgan fingerprint density at radius 2 is 1.93 bits per heavy atom. The van der Waals surface area contributed by atoms with Gasteiger partial charge >= 0.3 is 0 Å². The number of rotatable bonds is 4. The van der Waals surface area contributed by atoms with Gasteiger partial charge in [0, 0.05) is 29.8 Å². The van der Waals surface area contributed by atoms with Crippen LogP contribution in [0.4, 0.5) is 10.1 Å². The minimum atomic E-state index is -0.350. The quantitative estimate of drug-likeness (QED) is 0.529. The van der Waals surface area contributed by atoms with E-state index in [2.05, 4.69) is 15.3 Å². The first-order chi connectivity index (χ1) is 13.1. The largest absolute Gasteiger partial charge is 0.332 e. The number of aromatic nitrogens is 3. The van der Waals surface area contributed by atoms with Crippen LogP contribution >= 0.6 is 11.6 Å². The summed E-state index contributed by atoms with van der Waals surface area (Å²) in [6.45, 7) is 0.458. The molecule has 0 unspecified atom stereocenters. The number of benzene rings is 1. The summed E-state index contributed by atoms with van der Waals surface area (Å²) in [7, 11) is 0. The predicted molar refractivity (Wildman–Crippen MR) is 102 cm³/mol. The van der Waals surface area contributed by atoms with E-state index in [1.54, 1.807) is 36.7 Å². The van der Waals surface area contributed by atoms with Crippen molar-refractivity contribution in [3.8, 4) is 0 Å². The summed E-state index contributed by atoms with van der Waals surface area (Å²) in [6.07, 6.45) is 4.87. The van der Waals surface area contributed by atoms with E-state index >= 15 is 0 Å². The number of carbonyl (C=O) groups is 1. The summed E-state index contributed by atoms with van der Waals surface area (Å²) in [6, 6.07) is 13.2. The molecule has 27 heavy (non-hydrogen) atoms. The first-order valence-corrected chi connectivity index (χ1v) is 8.58. The molecule has 7 heteroatoms. The molecule has 134 valence electrons. The maximum Gasteiger partial charge on any atom is 0.272 e. The van der Waals surface area contributed by atoms with Crippen molar-refractivity contribution >= 4 is 34.1 Å². The van der Waals surface area contributed by atoms with Crippen molar-refractivity contribution in [2.75, 3.05) is 5.32 Å². The highest BCUT2D eigenvalue weighted by atomic mass is 35.5. The number of nitrogens with one attached hydrogen (secondary N) is 1. The van der Waals surface area contributed by atoms with Crippen LogP contribution in [0.2, 0.25) is 5.15 Å². The second kappa shape index (κ2) is 7.17. The number of nitrogens with zero attached hydrogens (tertiary/aromatic N) is 3. The standard InChI is InChI=1S/C20H14ClFN4O/c21-19-4-2-16(11-24-19)25-20(27)18-10-14-9-15(22)1-3-17(14)26(18)12-13-5-7-23-8-6-13/h1-11H,12H2,(H,25,27). The molecule has 0 bridgehead atoms. The van der Waals surface area contributed by atoms with Gasteiger partial charge in [0.2, 0.25) is 0 Å². The molecule has 1 N–H and O–H groups in total. The van der Waals surface area contributed by atoms with Crippen molar-refractivity contribution in [2.24, 2.45) is 0 Å². The molecule has 0 radical (unpaired) electrons. The van der Waals surface area contributed by atoms with Crippen molar-refractivity contribution in [2.45, 2.75) is 6.54 Å². The van der Waals surface area contributed by atoms with Crippen LogP contribution in [0.5, 0.6) is 0 Å². The molecule has 3 aromatic heterocycles. The predicted octanol–water partition coefficient (Wildman–Crippen LogP) is 4.52. The normalized spacial score (nSPS) is 10.9. The Kier molecular flexibility index (Phi) is 4.56. The van der Waals surface area contributed by atoms with Crippen molar-refractivity contribution in [3.05, 3.63) is 89.3 Å². The molecule has 0 atom stereocenters. The molecule has 0 aliphatic heterocycles. The minimum absolute atomic E-state index is 0.315. The molecule has 5 nitrogen and oxygen atoms in total. The van der Waals surface area contributed by atoms with Crippen LogP contribution in [0.25, 0.3) is 10.9 Å². The molecule has 4 rings (SSSR count). The average molecular weight is 381 g/mol. The average Bonchev–Trinajstić information content (AvgIpc) is 3.02. The summed E-state index contributed by atoms with van der Waals surface area (Å²) in [5, 5.41) is 3.80. The van der Waals surface area contributed by atoms with E-state index < -0.39 is 0 Å². The third-order valence-electron chi connectivity index (χ3n) is 4.17. The zero-order valence-electron chi connectivity index (χ0n) is 14.1. The van der Waals surface area contributed by atoms with Gasteiger partial charge in [-0.05, 0) is 54.1 Å². The summed E-state index contributed by atoms with van der Waals surface area (Å²) in [5.74, 6) is -0.665. The lowest BCUT2D eigenvalue weighted by Gasteiger charge is -2.11. The number of halogens is 2. The molecule has 0 saturated heterocycles. The minimum Gasteiger partial charge on any atom is -0.332 e. The van der Waals surface area contributed by atoms with E-state index in [1.165, 1.54) is 18.3 Å². The van der Waals surface area contributed by atoms with E-state index in [0.29, 0.717) is 28.5 Å². The van der Waals surface area contributed by atoms with Gasteiger partial charge in [0.15, 0.2) is 0 Å². The van der Waals surface area contributed by atoms with Gasteiger partial charge in [-0.25, -0.2) is 9.37 Å². The number of pyridine rings is 2. The second-order valence-corrected chi connectivity index (χ2v) is 6.39. The van der Waals surface area contributed by atoms with Gasteiger partial charge in [-0.2, -0.15) is 0 Å². The van der Waals surface area contributed by atoms with Gasteiger partial charge in [-0.3, -0.25) is 9.78 Å². The molecular formula is C20H14ClFN4O. The van der Waals surface area contributed by atoms with Gasteiger partial charge < -0.3 is 9.88 Å². The monoisotopic (exact) mass is 380 g/mol. The summed E-state index contributed by atoms with van der Waals surface area (Å²) >= 11 is 5.78. The highest BCUT2D eigenvalue weighted by Gasteiger charge is 2.17. The van der Waals surface area contributed by atoms with Crippen LogP contribution in [0.3, 0.4) is 0 Å². The Labute approximate surface area is 159 Å². The van der Waals surface area contributed by atoms with Crippen molar-refractivity contribution in [3.63, 3.8) is 0 Å². The van der Waals surface area contributed by atoms with E-state index in [0.717, 1.165) is 11.1 Å². The van der Waals surface area contributed by atoms with Crippen molar-refractivity contribution in [1.82, 2.24) is 14.5 Å². The third-order valence-corrected chi connectivity index (χ3v) is 4.39. The number of hydrogen-bond donors (Lipinski definition) is 1. The SMILES string of the molecule is O=C(Nc1ccc(Cl)nc1)c1cc2cc(F)ccc2n1Cc1ccncc1. The number of carbonyl (C=O) groups excluding carboxylic acids is 1. The molecule has 4 aromatic rings.